The van der Waals surface area contributed by atoms with E-state index in [0.717, 1.165) is 6.42 Å². The van der Waals surface area contributed by atoms with Gasteiger partial charge in [0.05, 0.1) is 0 Å². The van der Waals surface area contributed by atoms with Gasteiger partial charge in [0.1, 0.15) is 4.49 Å². The van der Waals surface area contributed by atoms with E-state index < -0.39 is 0 Å². The van der Waals surface area contributed by atoms with Gasteiger partial charge >= 0.3 is 0 Å². The molecule has 0 nitrogen and oxygen atoms in total. The minimum atomic E-state index is 0.0145. The molecule has 0 aromatic carbocycles. The Labute approximate surface area is 77.1 Å². The first-order valence-electron chi connectivity index (χ1n) is 3.08. The van der Waals surface area contributed by atoms with E-state index in [1.54, 1.807) is 6.08 Å². The van der Waals surface area contributed by atoms with Gasteiger partial charge in [-0.2, -0.15) is 0 Å². The first-order valence-corrected chi connectivity index (χ1v) is 4.37. The van der Waals surface area contributed by atoms with Crippen molar-refractivity contribution in [2.24, 2.45) is 5.41 Å². The summed E-state index contributed by atoms with van der Waals surface area (Å²) in [7, 11) is 0. The normalized spacial score (nSPS) is 11.3. The SMILES string of the molecule is CC(C)(C=C(Cl)Cl)CCCl. The smallest absolute Gasteiger partial charge is 0.103 e. The van der Waals surface area contributed by atoms with Crippen molar-refractivity contribution < 1.29 is 0 Å². The van der Waals surface area contributed by atoms with Gasteiger partial charge in [-0.3, -0.25) is 0 Å². The Morgan fingerprint density at radius 2 is 1.90 bits per heavy atom. The lowest BCUT2D eigenvalue weighted by molar-refractivity contribution is 0.465. The highest BCUT2D eigenvalue weighted by molar-refractivity contribution is 6.55. The van der Waals surface area contributed by atoms with E-state index in [1.165, 1.54) is 0 Å². The summed E-state index contributed by atoms with van der Waals surface area (Å²) in [6, 6.07) is 0. The highest BCUT2D eigenvalue weighted by atomic mass is 35.5. The van der Waals surface area contributed by atoms with Crippen LogP contribution in [0.25, 0.3) is 0 Å². The van der Waals surface area contributed by atoms with E-state index in [0.29, 0.717) is 10.4 Å². The molecule has 0 rings (SSSR count). The third-order valence-corrected chi connectivity index (χ3v) is 1.65. The third-order valence-electron chi connectivity index (χ3n) is 1.24. The van der Waals surface area contributed by atoms with E-state index in [2.05, 4.69) is 0 Å². The molecule has 0 aliphatic carbocycles. The van der Waals surface area contributed by atoms with Crippen LogP contribution in [-0.4, -0.2) is 5.88 Å². The number of hydrogen-bond acceptors (Lipinski definition) is 0. The summed E-state index contributed by atoms with van der Waals surface area (Å²) in [5.41, 5.74) is 0.0145. The van der Waals surface area contributed by atoms with Crippen molar-refractivity contribution in [2.75, 3.05) is 5.88 Å². The molecule has 10 heavy (non-hydrogen) atoms. The van der Waals surface area contributed by atoms with Gasteiger partial charge in [0.15, 0.2) is 0 Å². The van der Waals surface area contributed by atoms with Crippen LogP contribution in [0.4, 0.5) is 0 Å². The van der Waals surface area contributed by atoms with Crippen molar-refractivity contribution in [1.29, 1.82) is 0 Å². The molecule has 0 unspecified atom stereocenters. The van der Waals surface area contributed by atoms with Crippen LogP contribution >= 0.6 is 34.8 Å². The second kappa shape index (κ2) is 4.48. The van der Waals surface area contributed by atoms with E-state index in [9.17, 15) is 0 Å². The molecule has 0 fully saturated rings. The first-order chi connectivity index (χ1) is 4.48. The van der Waals surface area contributed by atoms with Crippen LogP contribution in [0.15, 0.2) is 10.6 Å². The Balaban J connectivity index is 3.98. The van der Waals surface area contributed by atoms with Crippen molar-refractivity contribution in [2.45, 2.75) is 20.3 Å². The molecule has 0 aliphatic rings. The predicted octanol–water partition coefficient (Wildman–Crippen LogP) is 3.96. The Hall–Kier alpha value is 0.610. The largest absolute Gasteiger partial charge is 0.127 e. The zero-order valence-electron chi connectivity index (χ0n) is 6.13. The lowest BCUT2D eigenvalue weighted by Crippen LogP contribution is -2.07. The van der Waals surface area contributed by atoms with Gasteiger partial charge in [-0.1, -0.05) is 37.0 Å². The number of rotatable bonds is 3. The van der Waals surface area contributed by atoms with Crippen LogP contribution < -0.4 is 0 Å². The average molecular weight is 202 g/mol. The summed E-state index contributed by atoms with van der Waals surface area (Å²) < 4.78 is 0.315. The summed E-state index contributed by atoms with van der Waals surface area (Å²) >= 11 is 16.5. The summed E-state index contributed by atoms with van der Waals surface area (Å²) in [6.45, 7) is 4.08. The monoisotopic (exact) mass is 200 g/mol. The molecule has 0 radical (unpaired) electrons. The highest BCUT2D eigenvalue weighted by Crippen LogP contribution is 2.26. The molecule has 0 amide bonds. The van der Waals surface area contributed by atoms with Crippen LogP contribution in [0, 0.1) is 5.41 Å². The summed E-state index contributed by atoms with van der Waals surface area (Å²) in [5.74, 6) is 0.630. The summed E-state index contributed by atoms with van der Waals surface area (Å²) in [4.78, 5) is 0. The van der Waals surface area contributed by atoms with Gasteiger partial charge in [-0.15, -0.1) is 11.6 Å². The van der Waals surface area contributed by atoms with Gasteiger partial charge < -0.3 is 0 Å². The molecule has 0 saturated heterocycles. The zero-order chi connectivity index (χ0) is 8.20. The Bertz CT molecular complexity index is 123. The molecular formula is C7H11Cl3. The van der Waals surface area contributed by atoms with E-state index in [1.807, 2.05) is 13.8 Å². The molecule has 0 aromatic heterocycles. The third kappa shape index (κ3) is 5.40. The van der Waals surface area contributed by atoms with E-state index in [4.69, 9.17) is 34.8 Å². The van der Waals surface area contributed by atoms with Crippen LogP contribution in [-0.2, 0) is 0 Å². The van der Waals surface area contributed by atoms with Crippen molar-refractivity contribution in [3.05, 3.63) is 10.6 Å². The number of hydrogen-bond donors (Lipinski definition) is 0. The molecule has 0 N–H and O–H groups in total. The zero-order valence-corrected chi connectivity index (χ0v) is 8.39. The standard InChI is InChI=1S/C7H11Cl3/c1-7(2,3-4-8)5-6(9)10/h5H,3-4H2,1-2H3. The first kappa shape index (κ1) is 10.6. The number of allylic oxidation sites excluding steroid dienone is 1. The summed E-state index contributed by atoms with van der Waals surface area (Å²) in [5, 5.41) is 0. The van der Waals surface area contributed by atoms with E-state index >= 15 is 0 Å². The van der Waals surface area contributed by atoms with Crippen molar-refractivity contribution in [3.8, 4) is 0 Å². The molecule has 0 bridgehead atoms. The second-order valence-corrected chi connectivity index (χ2v) is 4.25. The van der Waals surface area contributed by atoms with Crippen molar-refractivity contribution in [3.63, 3.8) is 0 Å². The van der Waals surface area contributed by atoms with Crippen molar-refractivity contribution >= 4 is 34.8 Å². The minimum Gasteiger partial charge on any atom is -0.127 e. The fraction of sp³-hybridized carbons (Fsp3) is 0.714. The predicted molar refractivity (Wildman–Crippen MR) is 48.9 cm³/mol. The molecule has 0 aliphatic heterocycles. The van der Waals surface area contributed by atoms with Crippen LogP contribution in [0.1, 0.15) is 20.3 Å². The lowest BCUT2D eigenvalue weighted by atomic mass is 9.91. The van der Waals surface area contributed by atoms with Gasteiger partial charge in [0, 0.05) is 5.88 Å². The van der Waals surface area contributed by atoms with Gasteiger partial charge in [0.2, 0.25) is 0 Å². The molecular weight excluding hydrogens is 190 g/mol. The quantitative estimate of drug-likeness (QED) is 0.607. The second-order valence-electron chi connectivity index (χ2n) is 2.86. The van der Waals surface area contributed by atoms with Crippen LogP contribution in [0.5, 0.6) is 0 Å². The molecule has 0 saturated carbocycles. The topological polar surface area (TPSA) is 0 Å². The Kier molecular flexibility index (Phi) is 4.75. The minimum absolute atomic E-state index is 0.0145. The maximum Gasteiger partial charge on any atom is 0.103 e. The lowest BCUT2D eigenvalue weighted by Gasteiger charge is -2.17. The Morgan fingerprint density at radius 3 is 2.20 bits per heavy atom. The fourth-order valence-corrected chi connectivity index (χ4v) is 1.69. The number of alkyl halides is 1. The van der Waals surface area contributed by atoms with Crippen LogP contribution in [0.2, 0.25) is 0 Å². The molecule has 3 heteroatoms. The maximum absolute atomic E-state index is 5.55. The summed E-state index contributed by atoms with van der Waals surface area (Å²) in [6.07, 6.45) is 2.69. The van der Waals surface area contributed by atoms with Gasteiger partial charge in [0.25, 0.3) is 0 Å². The Morgan fingerprint density at radius 1 is 1.40 bits per heavy atom. The molecule has 60 valence electrons. The molecule has 0 aromatic rings. The highest BCUT2D eigenvalue weighted by Gasteiger charge is 2.13. The average Bonchev–Trinajstić information content (AvgIpc) is 1.59. The van der Waals surface area contributed by atoms with Crippen molar-refractivity contribution in [1.82, 2.24) is 0 Å². The molecule has 0 heterocycles. The number of halogens is 3. The van der Waals surface area contributed by atoms with Gasteiger partial charge in [-0.25, -0.2) is 0 Å². The molecule has 0 spiro atoms. The fourth-order valence-electron chi connectivity index (χ4n) is 0.611. The van der Waals surface area contributed by atoms with E-state index in [-0.39, 0.29) is 5.41 Å². The van der Waals surface area contributed by atoms with Gasteiger partial charge in [-0.05, 0) is 17.9 Å². The maximum atomic E-state index is 5.55. The molecule has 0 atom stereocenters. The van der Waals surface area contributed by atoms with Crippen LogP contribution in [0.3, 0.4) is 0 Å².